The first kappa shape index (κ1) is 17.1. The second kappa shape index (κ2) is 7.09. The Balaban J connectivity index is 1.61. The number of rotatable bonds is 4. The Morgan fingerprint density at radius 3 is 2.81 bits per heavy atom. The van der Waals surface area contributed by atoms with Crippen LogP contribution in [0.5, 0.6) is 0 Å². The molecule has 0 saturated carbocycles. The van der Waals surface area contributed by atoms with Crippen molar-refractivity contribution in [1.82, 2.24) is 14.5 Å². The summed E-state index contributed by atoms with van der Waals surface area (Å²) in [6.45, 7) is 0.317. The number of aromatic nitrogens is 3. The van der Waals surface area contributed by atoms with Gasteiger partial charge < -0.3 is 14.9 Å². The lowest BCUT2D eigenvalue weighted by atomic mass is 10.1. The number of hydrogen-bond acceptors (Lipinski definition) is 3. The van der Waals surface area contributed by atoms with Crippen LogP contribution in [0.1, 0.15) is 15.9 Å². The van der Waals surface area contributed by atoms with E-state index in [1.54, 1.807) is 36.8 Å². The zero-order valence-corrected chi connectivity index (χ0v) is 14.9. The normalized spacial score (nSPS) is 10.9. The van der Waals surface area contributed by atoms with Crippen LogP contribution in [0.2, 0.25) is 5.02 Å². The molecule has 2 heterocycles. The van der Waals surface area contributed by atoms with Gasteiger partial charge in [-0.05, 0) is 29.8 Å². The van der Waals surface area contributed by atoms with Crippen LogP contribution in [0.3, 0.4) is 0 Å². The second-order valence-corrected chi connectivity index (χ2v) is 6.44. The highest BCUT2D eigenvalue weighted by molar-refractivity contribution is 6.31. The first-order valence-electron chi connectivity index (χ1n) is 8.29. The maximum atomic E-state index is 12.7. The number of para-hydroxylation sites is 1. The molecule has 0 aliphatic heterocycles. The van der Waals surface area contributed by atoms with E-state index in [4.69, 9.17) is 11.6 Å². The van der Waals surface area contributed by atoms with Crippen LogP contribution in [-0.2, 0) is 6.54 Å². The molecule has 0 aliphatic rings. The van der Waals surface area contributed by atoms with Gasteiger partial charge in [-0.1, -0.05) is 35.9 Å². The van der Waals surface area contributed by atoms with E-state index in [-0.39, 0.29) is 11.5 Å². The molecule has 2 aromatic carbocycles. The van der Waals surface area contributed by atoms with E-state index in [9.17, 15) is 9.59 Å². The largest absolute Gasteiger partial charge is 0.345 e. The molecule has 0 radical (unpaired) electrons. The van der Waals surface area contributed by atoms with Crippen LogP contribution in [-0.4, -0.2) is 20.4 Å². The molecule has 2 N–H and O–H groups in total. The molecule has 0 atom stereocenters. The van der Waals surface area contributed by atoms with Crippen LogP contribution in [0.4, 0.5) is 5.69 Å². The third-order valence-electron chi connectivity index (χ3n) is 4.23. The number of amides is 1. The lowest BCUT2D eigenvalue weighted by Gasteiger charge is -2.11. The van der Waals surface area contributed by atoms with Gasteiger partial charge in [-0.15, -0.1) is 0 Å². The topological polar surface area (TPSA) is 79.8 Å². The Labute approximate surface area is 159 Å². The van der Waals surface area contributed by atoms with Crippen LogP contribution >= 0.6 is 11.6 Å². The number of carbonyl (C=O) groups is 1. The second-order valence-electron chi connectivity index (χ2n) is 6.03. The Morgan fingerprint density at radius 2 is 1.96 bits per heavy atom. The first-order chi connectivity index (χ1) is 13.1. The number of carbonyl (C=O) groups excluding carboxylic acids is 1. The molecule has 6 nitrogen and oxygen atoms in total. The monoisotopic (exact) mass is 378 g/mol. The van der Waals surface area contributed by atoms with Crippen LogP contribution < -0.4 is 10.9 Å². The highest BCUT2D eigenvalue weighted by atomic mass is 35.5. The van der Waals surface area contributed by atoms with Gasteiger partial charge in [0.15, 0.2) is 0 Å². The molecule has 0 saturated heterocycles. The molecule has 134 valence electrons. The standard InChI is InChI=1S/C20H15ClN4O2/c21-16-6-2-1-4-13(16)10-25-11-14(8-9-18(25)26)24-20(27)15-5-3-7-17-19(15)23-12-22-17/h1-9,11-12H,10H2,(H,22,23)(H,24,27). The van der Waals surface area contributed by atoms with Gasteiger partial charge in [0.25, 0.3) is 11.5 Å². The van der Waals surface area contributed by atoms with Crippen molar-refractivity contribution in [2.75, 3.05) is 5.32 Å². The molecule has 1 amide bonds. The average molecular weight is 379 g/mol. The fraction of sp³-hybridized carbons (Fsp3) is 0.0500. The van der Waals surface area contributed by atoms with Crippen LogP contribution in [0, 0.1) is 0 Å². The summed E-state index contributed by atoms with van der Waals surface area (Å²) in [4.78, 5) is 32.0. The smallest absolute Gasteiger partial charge is 0.257 e. The van der Waals surface area contributed by atoms with Gasteiger partial charge in [0, 0.05) is 17.3 Å². The van der Waals surface area contributed by atoms with Crippen molar-refractivity contribution in [3.05, 3.63) is 93.6 Å². The Hall–Kier alpha value is -3.38. The summed E-state index contributed by atoms with van der Waals surface area (Å²) in [6.07, 6.45) is 3.15. The van der Waals surface area contributed by atoms with Gasteiger partial charge in [0.1, 0.15) is 5.52 Å². The minimum absolute atomic E-state index is 0.178. The maximum absolute atomic E-state index is 12.7. The first-order valence-corrected chi connectivity index (χ1v) is 8.67. The molecular weight excluding hydrogens is 364 g/mol. The van der Waals surface area contributed by atoms with Gasteiger partial charge in [-0.25, -0.2) is 4.98 Å². The molecule has 4 aromatic rings. The zero-order valence-electron chi connectivity index (χ0n) is 14.1. The molecule has 0 unspecified atom stereocenters. The summed E-state index contributed by atoms with van der Waals surface area (Å²) in [6, 6.07) is 15.7. The predicted molar refractivity (Wildman–Crippen MR) is 105 cm³/mol. The van der Waals surface area contributed by atoms with Gasteiger partial charge in [0.2, 0.25) is 0 Å². The zero-order chi connectivity index (χ0) is 18.8. The Kier molecular flexibility index (Phi) is 4.48. The van der Waals surface area contributed by atoms with Crippen molar-refractivity contribution < 1.29 is 4.79 Å². The number of aromatic amines is 1. The van der Waals surface area contributed by atoms with E-state index in [1.165, 1.54) is 10.6 Å². The summed E-state index contributed by atoms with van der Waals surface area (Å²) in [5.74, 6) is -0.296. The number of halogens is 1. The van der Waals surface area contributed by atoms with Crippen molar-refractivity contribution in [2.24, 2.45) is 0 Å². The van der Waals surface area contributed by atoms with E-state index < -0.39 is 0 Å². The summed E-state index contributed by atoms with van der Waals surface area (Å²) >= 11 is 6.18. The minimum Gasteiger partial charge on any atom is -0.345 e. The molecule has 27 heavy (non-hydrogen) atoms. The van der Waals surface area contributed by atoms with Crippen LogP contribution in [0.15, 0.2) is 71.9 Å². The van der Waals surface area contributed by atoms with E-state index in [1.807, 2.05) is 24.3 Å². The third-order valence-corrected chi connectivity index (χ3v) is 4.60. The summed E-state index contributed by atoms with van der Waals surface area (Å²) < 4.78 is 1.51. The molecule has 4 rings (SSSR count). The number of benzene rings is 2. The van der Waals surface area contributed by atoms with Crippen molar-refractivity contribution in [3.63, 3.8) is 0 Å². The number of fused-ring (bicyclic) bond motifs is 1. The van der Waals surface area contributed by atoms with E-state index >= 15 is 0 Å². The summed E-state index contributed by atoms with van der Waals surface area (Å²) in [7, 11) is 0. The predicted octanol–water partition coefficient (Wildman–Crippen LogP) is 3.68. The highest BCUT2D eigenvalue weighted by Gasteiger charge is 2.12. The van der Waals surface area contributed by atoms with E-state index in [0.29, 0.717) is 28.3 Å². The number of nitrogens with zero attached hydrogens (tertiary/aromatic N) is 2. The number of pyridine rings is 1. The van der Waals surface area contributed by atoms with Crippen molar-refractivity contribution in [1.29, 1.82) is 0 Å². The fourth-order valence-electron chi connectivity index (χ4n) is 2.89. The number of hydrogen-bond donors (Lipinski definition) is 2. The van der Waals surface area contributed by atoms with Crippen molar-refractivity contribution >= 4 is 34.2 Å². The van der Waals surface area contributed by atoms with Crippen molar-refractivity contribution in [3.8, 4) is 0 Å². The van der Waals surface area contributed by atoms with Gasteiger partial charge >= 0.3 is 0 Å². The number of H-pyrrole nitrogens is 1. The van der Waals surface area contributed by atoms with Gasteiger partial charge in [-0.2, -0.15) is 0 Å². The lowest BCUT2D eigenvalue weighted by Crippen LogP contribution is -2.21. The average Bonchev–Trinajstić information content (AvgIpc) is 3.15. The van der Waals surface area contributed by atoms with Crippen LogP contribution in [0.25, 0.3) is 11.0 Å². The SMILES string of the molecule is O=C(Nc1ccc(=O)n(Cc2ccccc2Cl)c1)c1cccc2[nH]cnc12. The minimum atomic E-state index is -0.296. The molecule has 0 aliphatic carbocycles. The summed E-state index contributed by atoms with van der Waals surface area (Å²) in [5.41, 5.74) is 3.00. The van der Waals surface area contributed by atoms with E-state index in [2.05, 4.69) is 15.3 Å². The summed E-state index contributed by atoms with van der Waals surface area (Å²) in [5, 5.41) is 3.41. The quantitative estimate of drug-likeness (QED) is 0.568. The van der Waals surface area contributed by atoms with Crippen molar-refractivity contribution in [2.45, 2.75) is 6.54 Å². The lowest BCUT2D eigenvalue weighted by molar-refractivity contribution is 0.102. The molecule has 2 aromatic heterocycles. The highest BCUT2D eigenvalue weighted by Crippen LogP contribution is 2.18. The molecule has 0 bridgehead atoms. The Bertz CT molecular complexity index is 1200. The number of anilines is 1. The maximum Gasteiger partial charge on any atom is 0.257 e. The Morgan fingerprint density at radius 1 is 1.11 bits per heavy atom. The molecular formula is C20H15ClN4O2. The fourth-order valence-corrected chi connectivity index (χ4v) is 3.08. The van der Waals surface area contributed by atoms with Gasteiger partial charge in [0.05, 0.1) is 29.6 Å². The number of nitrogens with one attached hydrogen (secondary N) is 2. The third kappa shape index (κ3) is 3.47. The molecule has 0 spiro atoms. The number of imidazole rings is 1. The molecule has 0 fully saturated rings. The van der Waals surface area contributed by atoms with E-state index in [0.717, 1.165) is 11.1 Å². The molecule has 7 heteroatoms. The van der Waals surface area contributed by atoms with Gasteiger partial charge in [-0.3, -0.25) is 9.59 Å².